The van der Waals surface area contributed by atoms with Crippen LogP contribution in [-0.2, 0) is 19.7 Å². The number of fused-ring (bicyclic) bond motifs is 5. The Morgan fingerprint density at radius 2 is 1.77 bits per heavy atom. The highest BCUT2D eigenvalue weighted by atomic mass is 16.7. The van der Waals surface area contributed by atoms with Crippen LogP contribution in [0.2, 0.25) is 0 Å². The monoisotopic (exact) mass is 406 g/mol. The third-order valence-electron chi connectivity index (χ3n) is 10.2. The minimum absolute atomic E-state index is 0.0108. The lowest BCUT2D eigenvalue weighted by Crippen LogP contribution is -2.58. The fourth-order valence-electron chi connectivity index (χ4n) is 9.03. The van der Waals surface area contributed by atoms with Crippen molar-refractivity contribution in [1.29, 1.82) is 0 Å². The Kier molecular flexibility index (Phi) is 3.23. The van der Waals surface area contributed by atoms with Crippen LogP contribution in [0, 0.1) is 34.5 Å². The molecule has 0 amide bonds. The summed E-state index contributed by atoms with van der Waals surface area (Å²) in [4.78, 5) is 14.0. The van der Waals surface area contributed by atoms with Gasteiger partial charge in [0.15, 0.2) is 5.79 Å². The van der Waals surface area contributed by atoms with Crippen LogP contribution in [-0.4, -0.2) is 31.9 Å². The van der Waals surface area contributed by atoms with E-state index in [9.17, 15) is 4.79 Å². The van der Waals surface area contributed by atoms with Crippen molar-refractivity contribution in [3.05, 3.63) is 42.0 Å². The van der Waals surface area contributed by atoms with Gasteiger partial charge < -0.3 is 14.2 Å². The molecule has 4 heteroatoms. The van der Waals surface area contributed by atoms with Crippen LogP contribution in [0.4, 0.5) is 0 Å². The highest BCUT2D eigenvalue weighted by Crippen LogP contribution is 2.83. The lowest BCUT2D eigenvalue weighted by molar-refractivity contribution is -0.252. The molecule has 5 aliphatic carbocycles. The molecule has 158 valence electrons. The first-order valence-corrected chi connectivity index (χ1v) is 11.7. The van der Waals surface area contributed by atoms with Crippen molar-refractivity contribution < 1.29 is 19.0 Å². The van der Waals surface area contributed by atoms with Gasteiger partial charge in [0.2, 0.25) is 0 Å². The average Bonchev–Trinajstić information content (AvgIpc) is 3.30. The van der Waals surface area contributed by atoms with E-state index < -0.39 is 5.79 Å². The number of methoxy groups -OCH3 is 1. The standard InChI is InChI=1S/C26H30O4/c1-23-9-3-4-10-24(23)11-12-25(23,16-5-7-17(28-2)8-6-16)20-21(27)18-15-19(18)26(22(20)24)29-13-14-30-26/h5-8,11-12,18-20,22H,3-4,9-10,13-15H2,1-2H3/t18-,19+,20+,22-,23-,24-,25-/m0/s1. The molecule has 1 aromatic carbocycles. The first-order valence-electron chi connectivity index (χ1n) is 11.7. The molecule has 0 radical (unpaired) electrons. The number of carbonyl (C=O) groups excluding carboxylic acids is 1. The van der Waals surface area contributed by atoms with Crippen molar-refractivity contribution in [2.45, 2.75) is 50.2 Å². The molecule has 1 heterocycles. The predicted molar refractivity (Wildman–Crippen MR) is 111 cm³/mol. The molecular formula is C26H30O4. The number of Topliss-reactive ketones (excluding diaryl/α,β-unsaturated/α-hetero) is 1. The summed E-state index contributed by atoms with van der Waals surface area (Å²) >= 11 is 0. The Hall–Kier alpha value is -1.65. The SMILES string of the molecule is COc1ccc([C@]23C=C[C@@]4(CCCC[C@]24C)[C@@H]2[C@H]3C(=O)[C@H]3C[C@H]3C23OCCO3)cc1. The molecule has 30 heavy (non-hydrogen) atoms. The Labute approximate surface area is 178 Å². The van der Waals surface area contributed by atoms with Gasteiger partial charge in [0, 0.05) is 34.5 Å². The summed E-state index contributed by atoms with van der Waals surface area (Å²) in [6.45, 7) is 3.79. The maximum Gasteiger partial charge on any atom is 0.176 e. The number of hydrogen-bond donors (Lipinski definition) is 0. The number of hydrogen-bond acceptors (Lipinski definition) is 4. The summed E-state index contributed by atoms with van der Waals surface area (Å²) in [6.07, 6.45) is 10.6. The highest BCUT2D eigenvalue weighted by Gasteiger charge is 2.86. The van der Waals surface area contributed by atoms with Crippen LogP contribution < -0.4 is 4.74 Å². The first-order chi connectivity index (χ1) is 14.5. The lowest BCUT2D eigenvalue weighted by atomic mass is 9.52. The van der Waals surface area contributed by atoms with E-state index >= 15 is 0 Å². The minimum atomic E-state index is -0.555. The second kappa shape index (κ2) is 5.39. The molecule has 4 nitrogen and oxygen atoms in total. The first kappa shape index (κ1) is 18.0. The molecule has 0 N–H and O–H groups in total. The quantitative estimate of drug-likeness (QED) is 0.688. The molecule has 1 spiro atoms. The zero-order valence-corrected chi connectivity index (χ0v) is 17.9. The van der Waals surface area contributed by atoms with Crippen LogP contribution >= 0.6 is 0 Å². The van der Waals surface area contributed by atoms with Crippen LogP contribution in [0.5, 0.6) is 5.75 Å². The van der Waals surface area contributed by atoms with Gasteiger partial charge in [0.05, 0.1) is 20.3 Å². The third-order valence-corrected chi connectivity index (χ3v) is 10.2. The molecule has 1 aromatic rings. The van der Waals surface area contributed by atoms with E-state index in [1.165, 1.54) is 18.4 Å². The summed E-state index contributed by atoms with van der Waals surface area (Å²) in [5, 5.41) is 0. The van der Waals surface area contributed by atoms with Gasteiger partial charge in [0.1, 0.15) is 11.5 Å². The summed E-state index contributed by atoms with van der Waals surface area (Å²) in [5.74, 6) is 1.24. The molecular weight excluding hydrogens is 376 g/mol. The molecule has 4 saturated carbocycles. The molecule has 2 bridgehead atoms. The van der Waals surface area contributed by atoms with Gasteiger partial charge in [-0.15, -0.1) is 0 Å². The van der Waals surface area contributed by atoms with Crippen molar-refractivity contribution in [1.82, 2.24) is 0 Å². The van der Waals surface area contributed by atoms with Gasteiger partial charge in [-0.3, -0.25) is 4.79 Å². The molecule has 6 aliphatic rings. The predicted octanol–water partition coefficient (Wildman–Crippen LogP) is 4.28. The van der Waals surface area contributed by atoms with Crippen LogP contribution in [0.1, 0.15) is 44.6 Å². The largest absolute Gasteiger partial charge is 0.497 e. The third kappa shape index (κ3) is 1.65. The van der Waals surface area contributed by atoms with Gasteiger partial charge in [-0.25, -0.2) is 0 Å². The summed E-state index contributed by atoms with van der Waals surface area (Å²) in [5.41, 5.74) is 0.969. The number of rotatable bonds is 2. The van der Waals surface area contributed by atoms with Gasteiger partial charge in [0.25, 0.3) is 0 Å². The fourth-order valence-corrected chi connectivity index (χ4v) is 9.03. The minimum Gasteiger partial charge on any atom is -0.497 e. The second-order valence-corrected chi connectivity index (χ2v) is 10.7. The maximum absolute atomic E-state index is 14.0. The van der Waals surface area contributed by atoms with Crippen molar-refractivity contribution in [3.8, 4) is 5.75 Å². The Morgan fingerprint density at radius 1 is 1.03 bits per heavy atom. The molecule has 5 fully saturated rings. The summed E-state index contributed by atoms with van der Waals surface area (Å²) in [7, 11) is 1.71. The number of carbonyl (C=O) groups is 1. The van der Waals surface area contributed by atoms with Gasteiger partial charge in [-0.05, 0) is 42.4 Å². The molecule has 7 atom stereocenters. The van der Waals surface area contributed by atoms with E-state index in [0.717, 1.165) is 25.0 Å². The van der Waals surface area contributed by atoms with E-state index in [4.69, 9.17) is 14.2 Å². The van der Waals surface area contributed by atoms with Crippen molar-refractivity contribution in [2.24, 2.45) is 34.5 Å². The normalized spacial score (nSPS) is 49.1. The molecule has 1 aliphatic heterocycles. The fraction of sp³-hybridized carbons (Fsp3) is 0.654. The van der Waals surface area contributed by atoms with E-state index in [-0.39, 0.29) is 39.9 Å². The topological polar surface area (TPSA) is 44.8 Å². The summed E-state index contributed by atoms with van der Waals surface area (Å²) in [6, 6.07) is 8.53. The lowest BCUT2D eigenvalue weighted by Gasteiger charge is -2.53. The number of ketones is 1. The number of allylic oxidation sites excluding steroid dienone is 2. The van der Waals surface area contributed by atoms with E-state index in [1.807, 2.05) is 0 Å². The highest BCUT2D eigenvalue weighted by molar-refractivity contribution is 5.92. The molecule has 0 aromatic heterocycles. The maximum atomic E-state index is 14.0. The smallest absolute Gasteiger partial charge is 0.176 e. The van der Waals surface area contributed by atoms with Crippen LogP contribution in [0.3, 0.4) is 0 Å². The van der Waals surface area contributed by atoms with Crippen molar-refractivity contribution >= 4 is 5.78 Å². The Balaban J connectivity index is 1.50. The van der Waals surface area contributed by atoms with E-state index in [0.29, 0.717) is 19.0 Å². The van der Waals surface area contributed by atoms with E-state index in [2.05, 4.69) is 43.3 Å². The number of benzene rings is 1. The molecule has 1 saturated heterocycles. The Bertz CT molecular complexity index is 960. The van der Waals surface area contributed by atoms with E-state index in [1.54, 1.807) is 7.11 Å². The molecule has 7 rings (SSSR count). The second-order valence-electron chi connectivity index (χ2n) is 10.7. The van der Waals surface area contributed by atoms with Crippen molar-refractivity contribution in [2.75, 3.05) is 20.3 Å². The zero-order valence-electron chi connectivity index (χ0n) is 17.9. The van der Waals surface area contributed by atoms with Gasteiger partial charge in [-0.1, -0.05) is 44.1 Å². The van der Waals surface area contributed by atoms with Crippen LogP contribution in [0.15, 0.2) is 36.4 Å². The average molecular weight is 407 g/mol. The van der Waals surface area contributed by atoms with Gasteiger partial charge >= 0.3 is 0 Å². The van der Waals surface area contributed by atoms with Crippen LogP contribution in [0.25, 0.3) is 0 Å². The molecule has 0 unspecified atom stereocenters. The van der Waals surface area contributed by atoms with Crippen molar-refractivity contribution in [3.63, 3.8) is 0 Å². The summed E-state index contributed by atoms with van der Waals surface area (Å²) < 4.78 is 18.5. The van der Waals surface area contributed by atoms with Gasteiger partial charge in [-0.2, -0.15) is 0 Å². The zero-order chi connectivity index (χ0) is 20.4. The Morgan fingerprint density at radius 3 is 2.50 bits per heavy atom. The number of ether oxygens (including phenoxy) is 3.